The van der Waals surface area contributed by atoms with E-state index in [2.05, 4.69) is 12.1 Å². The Morgan fingerprint density at radius 3 is 2.22 bits per heavy atom. The van der Waals surface area contributed by atoms with Gasteiger partial charge < -0.3 is 10.0 Å². The molecule has 3 saturated carbocycles. The molecule has 3 aliphatic carbocycles. The molecule has 0 unspecified atom stereocenters. The third-order valence-corrected chi connectivity index (χ3v) is 6.23. The second kappa shape index (κ2) is 5.66. The Kier molecular flexibility index (Phi) is 3.63. The molecule has 3 fully saturated rings. The highest BCUT2D eigenvalue weighted by Crippen LogP contribution is 2.49. The number of aliphatic carboxylic acids is 1. The molecule has 1 aromatic rings. The number of benzene rings is 1. The van der Waals surface area contributed by atoms with E-state index in [1.54, 1.807) is 0 Å². The highest BCUT2D eigenvalue weighted by molar-refractivity contribution is 5.86. The van der Waals surface area contributed by atoms with Gasteiger partial charge in [0.15, 0.2) is 0 Å². The summed E-state index contributed by atoms with van der Waals surface area (Å²) in [5, 5.41) is 9.67. The Morgan fingerprint density at radius 2 is 1.57 bits per heavy atom. The molecular weight excluding hydrogens is 290 g/mol. The van der Waals surface area contributed by atoms with Crippen LogP contribution in [0.1, 0.15) is 36.8 Å². The predicted octanol–water partition coefficient (Wildman–Crippen LogP) is 2.71. The zero-order valence-electron chi connectivity index (χ0n) is 13.3. The summed E-state index contributed by atoms with van der Waals surface area (Å²) in [6.07, 6.45) is 4.88. The number of carboxylic acid groups (broad SMARTS) is 1. The first-order valence-corrected chi connectivity index (χ1v) is 8.73. The fourth-order valence-electron chi connectivity index (χ4n) is 5.05. The predicted molar refractivity (Wildman–Crippen MR) is 85.6 cm³/mol. The molecule has 4 nitrogen and oxygen atoms in total. The van der Waals surface area contributed by atoms with E-state index in [-0.39, 0.29) is 23.7 Å². The number of fused-ring (bicyclic) bond motifs is 4. The number of carbonyl (C=O) groups excluding carboxylic acids is 1. The lowest BCUT2D eigenvalue weighted by Crippen LogP contribution is -2.52. The van der Waals surface area contributed by atoms with Crippen LogP contribution in [0.2, 0.25) is 0 Å². The maximum absolute atomic E-state index is 13.1. The number of rotatable bonds is 2. The van der Waals surface area contributed by atoms with Crippen molar-refractivity contribution < 1.29 is 14.7 Å². The quantitative estimate of drug-likeness (QED) is 0.913. The van der Waals surface area contributed by atoms with Crippen molar-refractivity contribution in [3.8, 4) is 0 Å². The zero-order chi connectivity index (χ0) is 16.0. The van der Waals surface area contributed by atoms with E-state index in [1.165, 1.54) is 11.1 Å². The van der Waals surface area contributed by atoms with Gasteiger partial charge in [0.05, 0.1) is 11.8 Å². The lowest BCUT2D eigenvalue weighted by molar-refractivity contribution is -0.162. The average Bonchev–Trinajstić information content (AvgIpc) is 2.60. The van der Waals surface area contributed by atoms with Crippen LogP contribution in [0.5, 0.6) is 0 Å². The van der Waals surface area contributed by atoms with Crippen molar-refractivity contribution in [2.45, 2.75) is 38.6 Å². The smallest absolute Gasteiger partial charge is 0.307 e. The van der Waals surface area contributed by atoms with Gasteiger partial charge in [-0.25, -0.2) is 0 Å². The van der Waals surface area contributed by atoms with Crippen LogP contribution < -0.4 is 0 Å². The van der Waals surface area contributed by atoms with Crippen LogP contribution in [-0.4, -0.2) is 28.4 Å². The van der Waals surface area contributed by atoms with Gasteiger partial charge in [-0.15, -0.1) is 0 Å². The van der Waals surface area contributed by atoms with Crippen LogP contribution >= 0.6 is 0 Å². The largest absolute Gasteiger partial charge is 0.481 e. The molecule has 0 aromatic heterocycles. The van der Waals surface area contributed by atoms with E-state index in [9.17, 15) is 14.7 Å². The third kappa shape index (κ3) is 2.44. The average molecular weight is 313 g/mol. The molecule has 122 valence electrons. The van der Waals surface area contributed by atoms with Gasteiger partial charge in [0.1, 0.15) is 0 Å². The monoisotopic (exact) mass is 313 g/mol. The lowest BCUT2D eigenvalue weighted by Gasteiger charge is -2.47. The van der Waals surface area contributed by atoms with Gasteiger partial charge in [-0.2, -0.15) is 0 Å². The molecule has 1 aromatic carbocycles. The van der Waals surface area contributed by atoms with Crippen LogP contribution in [-0.2, 0) is 22.6 Å². The van der Waals surface area contributed by atoms with E-state index < -0.39 is 11.9 Å². The van der Waals surface area contributed by atoms with Crippen LogP contribution in [0.25, 0.3) is 0 Å². The van der Waals surface area contributed by atoms with Crippen LogP contribution in [0.3, 0.4) is 0 Å². The molecule has 1 aliphatic heterocycles. The second-order valence-corrected chi connectivity index (χ2v) is 7.34. The van der Waals surface area contributed by atoms with Gasteiger partial charge >= 0.3 is 5.97 Å². The highest BCUT2D eigenvalue weighted by atomic mass is 16.4. The molecule has 2 atom stereocenters. The number of carbonyl (C=O) groups is 2. The summed E-state index contributed by atoms with van der Waals surface area (Å²) in [4.78, 5) is 26.8. The highest BCUT2D eigenvalue weighted by Gasteiger charge is 2.51. The van der Waals surface area contributed by atoms with Crippen LogP contribution in [0.4, 0.5) is 0 Å². The SMILES string of the molecule is O=C(O)[C@H]1C2CCC(CC2)[C@H]1C(=O)N1CCc2ccccc2C1. The minimum Gasteiger partial charge on any atom is -0.481 e. The topological polar surface area (TPSA) is 57.6 Å². The fourth-order valence-corrected chi connectivity index (χ4v) is 5.05. The Morgan fingerprint density at radius 1 is 0.957 bits per heavy atom. The van der Waals surface area contributed by atoms with E-state index in [1.807, 2.05) is 17.0 Å². The third-order valence-electron chi connectivity index (χ3n) is 6.23. The summed E-state index contributed by atoms with van der Waals surface area (Å²) in [5.74, 6) is -0.983. The molecule has 2 bridgehead atoms. The summed E-state index contributed by atoms with van der Waals surface area (Å²) in [5.41, 5.74) is 2.52. The van der Waals surface area contributed by atoms with E-state index in [4.69, 9.17) is 0 Å². The van der Waals surface area contributed by atoms with Gasteiger partial charge in [-0.1, -0.05) is 24.3 Å². The van der Waals surface area contributed by atoms with Crippen molar-refractivity contribution in [1.82, 2.24) is 4.90 Å². The van der Waals surface area contributed by atoms with Crippen molar-refractivity contribution in [1.29, 1.82) is 0 Å². The number of nitrogens with zero attached hydrogens (tertiary/aromatic N) is 1. The van der Waals surface area contributed by atoms with E-state index in [0.29, 0.717) is 6.54 Å². The van der Waals surface area contributed by atoms with Crippen molar-refractivity contribution in [3.05, 3.63) is 35.4 Å². The second-order valence-electron chi connectivity index (χ2n) is 7.34. The molecule has 0 spiro atoms. The van der Waals surface area contributed by atoms with Gasteiger partial charge in [0.2, 0.25) is 5.91 Å². The minimum atomic E-state index is -0.768. The number of hydrogen-bond donors (Lipinski definition) is 1. The zero-order valence-corrected chi connectivity index (χ0v) is 13.3. The summed E-state index contributed by atoms with van der Waals surface area (Å²) in [7, 11) is 0. The van der Waals surface area contributed by atoms with Crippen LogP contribution in [0.15, 0.2) is 24.3 Å². The summed E-state index contributed by atoms with van der Waals surface area (Å²) >= 11 is 0. The number of amides is 1. The van der Waals surface area contributed by atoms with Crippen molar-refractivity contribution in [3.63, 3.8) is 0 Å². The summed E-state index contributed by atoms with van der Waals surface area (Å²) in [6, 6.07) is 8.25. The Bertz CT molecular complexity index is 633. The molecule has 4 heteroatoms. The molecule has 0 radical (unpaired) electrons. The Hall–Kier alpha value is -1.84. The van der Waals surface area contributed by atoms with Gasteiger partial charge in [0, 0.05) is 13.1 Å². The lowest BCUT2D eigenvalue weighted by atomic mass is 9.58. The van der Waals surface area contributed by atoms with E-state index >= 15 is 0 Å². The van der Waals surface area contributed by atoms with Gasteiger partial charge in [-0.3, -0.25) is 9.59 Å². The molecule has 23 heavy (non-hydrogen) atoms. The number of hydrogen-bond acceptors (Lipinski definition) is 2. The summed E-state index contributed by atoms with van der Waals surface area (Å²) < 4.78 is 0. The molecule has 1 heterocycles. The standard InChI is InChI=1S/C19H23NO3/c21-18(20-10-9-12-3-1-2-4-15(12)11-20)16-13-5-7-14(8-6-13)17(16)19(22)23/h1-4,13-14,16-17H,5-11H2,(H,22,23)/t13?,14?,16-,17+/m1/s1. The molecule has 1 amide bonds. The van der Waals surface area contributed by atoms with Crippen LogP contribution in [0, 0.1) is 23.7 Å². The minimum absolute atomic E-state index is 0.0845. The first-order valence-electron chi connectivity index (χ1n) is 8.73. The van der Waals surface area contributed by atoms with Crippen molar-refractivity contribution in [2.24, 2.45) is 23.7 Å². The molecule has 4 aliphatic rings. The maximum Gasteiger partial charge on any atom is 0.307 e. The van der Waals surface area contributed by atoms with E-state index in [0.717, 1.165) is 38.6 Å². The summed E-state index contributed by atoms with van der Waals surface area (Å²) in [6.45, 7) is 1.35. The molecular formula is C19H23NO3. The molecule has 0 saturated heterocycles. The first-order chi connectivity index (χ1) is 11.1. The molecule has 1 N–H and O–H groups in total. The Balaban J connectivity index is 1.58. The maximum atomic E-state index is 13.1. The van der Waals surface area contributed by atoms with Crippen molar-refractivity contribution in [2.75, 3.05) is 6.54 Å². The van der Waals surface area contributed by atoms with Gasteiger partial charge in [0.25, 0.3) is 0 Å². The first kappa shape index (κ1) is 14.7. The van der Waals surface area contributed by atoms with Crippen molar-refractivity contribution >= 4 is 11.9 Å². The van der Waals surface area contributed by atoms with Gasteiger partial charge in [-0.05, 0) is 55.1 Å². The number of carboxylic acids is 1. The Labute approximate surface area is 136 Å². The fraction of sp³-hybridized carbons (Fsp3) is 0.579. The normalized spacial score (nSPS) is 32.4. The molecule has 5 rings (SSSR count).